The fourth-order valence-electron chi connectivity index (χ4n) is 0.877. The molecule has 0 aromatic carbocycles. The largest absolute Gasteiger partial charge is 0.320 e. The zero-order valence-electron chi connectivity index (χ0n) is 6.79. The van der Waals surface area contributed by atoms with Gasteiger partial charge in [-0.15, -0.1) is 11.3 Å². The summed E-state index contributed by atoms with van der Waals surface area (Å²) in [6.45, 7) is 0. The Morgan fingerprint density at radius 1 is 1.77 bits per heavy atom. The maximum Gasteiger partial charge on any atom is 0.251 e. The number of carbonyl (C=O) groups excluding carboxylic acids is 1. The molecule has 1 aromatic rings. The van der Waals surface area contributed by atoms with E-state index >= 15 is 0 Å². The van der Waals surface area contributed by atoms with Gasteiger partial charge in [-0.1, -0.05) is 0 Å². The quantitative estimate of drug-likeness (QED) is 0.419. The minimum Gasteiger partial charge on any atom is -0.320 e. The van der Waals surface area contributed by atoms with Gasteiger partial charge in [0.25, 0.3) is 5.91 Å². The Bertz CT molecular complexity index is 302. The van der Waals surface area contributed by atoms with E-state index in [0.717, 1.165) is 9.35 Å². The molecule has 0 saturated carbocycles. The van der Waals surface area contributed by atoms with Crippen molar-refractivity contribution in [3.63, 3.8) is 0 Å². The smallest absolute Gasteiger partial charge is 0.251 e. The van der Waals surface area contributed by atoms with Gasteiger partial charge in [0, 0.05) is 21.2 Å². The van der Waals surface area contributed by atoms with Crippen molar-refractivity contribution in [2.75, 3.05) is 0 Å². The Balaban J connectivity index is 2.54. The van der Waals surface area contributed by atoms with Crippen LogP contribution in [0, 0.1) is 0 Å². The van der Waals surface area contributed by atoms with Crippen molar-refractivity contribution in [2.24, 2.45) is 11.6 Å². The van der Waals surface area contributed by atoms with Gasteiger partial charge < -0.3 is 5.73 Å². The van der Waals surface area contributed by atoms with Crippen molar-refractivity contribution in [1.29, 1.82) is 0 Å². The van der Waals surface area contributed by atoms with Crippen molar-refractivity contribution in [2.45, 2.75) is 12.5 Å². The van der Waals surface area contributed by atoms with Crippen LogP contribution in [0.1, 0.15) is 4.88 Å². The molecule has 0 aliphatic carbocycles. The lowest BCUT2D eigenvalue weighted by atomic mass is 10.2. The molecule has 0 saturated heterocycles. The Labute approximate surface area is 88.4 Å². The molecule has 0 aliphatic heterocycles. The number of nitrogens with two attached hydrogens (primary N) is 2. The number of amides is 1. The van der Waals surface area contributed by atoms with E-state index in [1.165, 1.54) is 0 Å². The van der Waals surface area contributed by atoms with E-state index in [2.05, 4.69) is 15.9 Å². The molecule has 1 heterocycles. The van der Waals surface area contributed by atoms with Crippen molar-refractivity contribution < 1.29 is 4.79 Å². The van der Waals surface area contributed by atoms with Crippen LogP contribution in [0.3, 0.4) is 0 Å². The lowest BCUT2D eigenvalue weighted by Crippen LogP contribution is -2.44. The van der Waals surface area contributed by atoms with E-state index in [9.17, 15) is 4.79 Å². The molecule has 1 atom stereocenters. The van der Waals surface area contributed by atoms with Crippen molar-refractivity contribution >= 4 is 33.2 Å². The van der Waals surface area contributed by atoms with Gasteiger partial charge in [-0.05, 0) is 22.0 Å². The summed E-state index contributed by atoms with van der Waals surface area (Å²) in [5.41, 5.74) is 7.59. The number of hydrazine groups is 1. The normalized spacial score (nSPS) is 12.5. The summed E-state index contributed by atoms with van der Waals surface area (Å²) >= 11 is 4.88. The highest BCUT2D eigenvalue weighted by Crippen LogP contribution is 2.20. The van der Waals surface area contributed by atoms with Crippen molar-refractivity contribution in [1.82, 2.24) is 5.43 Å². The first-order valence-corrected chi connectivity index (χ1v) is 5.29. The maximum absolute atomic E-state index is 11.0. The molecule has 1 aromatic heterocycles. The van der Waals surface area contributed by atoms with E-state index in [-0.39, 0.29) is 5.91 Å². The summed E-state index contributed by atoms with van der Waals surface area (Å²) in [4.78, 5) is 12.0. The molecular weight excluding hydrogens is 254 g/mol. The maximum atomic E-state index is 11.0. The van der Waals surface area contributed by atoms with Gasteiger partial charge in [-0.2, -0.15) is 0 Å². The molecule has 0 fully saturated rings. The first kappa shape index (κ1) is 10.6. The summed E-state index contributed by atoms with van der Waals surface area (Å²) in [7, 11) is 0. The molecule has 0 aliphatic rings. The number of carbonyl (C=O) groups is 1. The lowest BCUT2D eigenvalue weighted by Gasteiger charge is -2.07. The first-order valence-electron chi connectivity index (χ1n) is 3.62. The number of halogens is 1. The SMILES string of the molecule is NNC(=O)C(N)Cc1cc(Br)cs1. The molecule has 0 bridgehead atoms. The average Bonchev–Trinajstić information content (AvgIpc) is 2.49. The van der Waals surface area contributed by atoms with Crippen molar-refractivity contribution in [3.8, 4) is 0 Å². The van der Waals surface area contributed by atoms with Gasteiger partial charge in [0.15, 0.2) is 0 Å². The second-order valence-electron chi connectivity index (χ2n) is 2.55. The third-order valence-electron chi connectivity index (χ3n) is 1.52. The van der Waals surface area contributed by atoms with E-state index in [1.807, 2.05) is 16.9 Å². The third kappa shape index (κ3) is 3.07. The third-order valence-corrected chi connectivity index (χ3v) is 3.24. The van der Waals surface area contributed by atoms with E-state index in [4.69, 9.17) is 11.6 Å². The molecule has 4 nitrogen and oxygen atoms in total. The van der Waals surface area contributed by atoms with E-state index < -0.39 is 6.04 Å². The summed E-state index contributed by atoms with van der Waals surface area (Å²) in [5.74, 6) is 4.60. The van der Waals surface area contributed by atoms with Crippen molar-refractivity contribution in [3.05, 3.63) is 20.8 Å². The molecule has 6 heteroatoms. The van der Waals surface area contributed by atoms with Crippen LogP contribution in [0.5, 0.6) is 0 Å². The monoisotopic (exact) mass is 263 g/mol. The average molecular weight is 264 g/mol. The highest BCUT2D eigenvalue weighted by molar-refractivity contribution is 9.10. The van der Waals surface area contributed by atoms with E-state index in [1.54, 1.807) is 11.3 Å². The Hall–Kier alpha value is -0.430. The van der Waals surface area contributed by atoms with Gasteiger partial charge in [-0.25, -0.2) is 5.84 Å². The van der Waals surface area contributed by atoms with Crippen LogP contribution in [-0.4, -0.2) is 11.9 Å². The van der Waals surface area contributed by atoms with Gasteiger partial charge in [0.2, 0.25) is 0 Å². The Kier molecular flexibility index (Phi) is 3.86. The molecule has 1 rings (SSSR count). The number of hydrogen-bond donors (Lipinski definition) is 3. The predicted octanol–water partition coefficient (Wildman–Crippen LogP) is 0.370. The van der Waals surface area contributed by atoms with Gasteiger partial charge in [-0.3, -0.25) is 10.2 Å². The lowest BCUT2D eigenvalue weighted by molar-refractivity contribution is -0.122. The second-order valence-corrected chi connectivity index (χ2v) is 4.46. The molecule has 0 spiro atoms. The van der Waals surface area contributed by atoms with Crippen LogP contribution in [0.25, 0.3) is 0 Å². The first-order chi connectivity index (χ1) is 6.13. The summed E-state index contributed by atoms with van der Waals surface area (Å²) in [6, 6.07) is 1.37. The fourth-order valence-corrected chi connectivity index (χ4v) is 2.39. The summed E-state index contributed by atoms with van der Waals surface area (Å²) in [5, 5.41) is 1.95. The van der Waals surface area contributed by atoms with Gasteiger partial charge >= 0.3 is 0 Å². The standard InChI is InChI=1S/C7H10BrN3OS/c8-4-1-5(13-3-4)2-6(9)7(12)11-10/h1,3,6H,2,9-10H2,(H,11,12). The minimum absolute atomic E-state index is 0.343. The number of hydrogen-bond acceptors (Lipinski definition) is 4. The number of rotatable bonds is 3. The van der Waals surface area contributed by atoms with Crippen LogP contribution in [-0.2, 0) is 11.2 Å². The molecular formula is C7H10BrN3OS. The molecule has 5 N–H and O–H groups in total. The van der Waals surface area contributed by atoms with Crippen LogP contribution >= 0.6 is 27.3 Å². The van der Waals surface area contributed by atoms with Gasteiger partial charge in [0.1, 0.15) is 0 Å². The molecule has 72 valence electrons. The molecule has 1 amide bonds. The molecule has 13 heavy (non-hydrogen) atoms. The number of thiophene rings is 1. The van der Waals surface area contributed by atoms with Gasteiger partial charge in [0.05, 0.1) is 6.04 Å². The van der Waals surface area contributed by atoms with Crippen LogP contribution < -0.4 is 17.0 Å². The van der Waals surface area contributed by atoms with Crippen LogP contribution in [0.2, 0.25) is 0 Å². The number of nitrogens with one attached hydrogen (secondary N) is 1. The second kappa shape index (κ2) is 4.71. The molecule has 1 unspecified atom stereocenters. The minimum atomic E-state index is -0.574. The van der Waals surface area contributed by atoms with E-state index in [0.29, 0.717) is 6.42 Å². The molecule has 0 radical (unpaired) electrons. The highest BCUT2D eigenvalue weighted by Gasteiger charge is 2.13. The summed E-state index contributed by atoms with van der Waals surface area (Å²) in [6.07, 6.45) is 0.513. The van der Waals surface area contributed by atoms with Crippen LogP contribution in [0.4, 0.5) is 0 Å². The fraction of sp³-hybridized carbons (Fsp3) is 0.286. The van der Waals surface area contributed by atoms with Crippen LogP contribution in [0.15, 0.2) is 15.9 Å². The highest BCUT2D eigenvalue weighted by atomic mass is 79.9. The summed E-state index contributed by atoms with van der Waals surface area (Å²) < 4.78 is 1.01. The predicted molar refractivity (Wildman–Crippen MR) is 56.0 cm³/mol. The zero-order chi connectivity index (χ0) is 9.84. The Morgan fingerprint density at radius 2 is 2.46 bits per heavy atom. The zero-order valence-corrected chi connectivity index (χ0v) is 9.19. The topological polar surface area (TPSA) is 81.1 Å². The Morgan fingerprint density at radius 3 is 2.92 bits per heavy atom.